The average Bonchev–Trinajstić information content (AvgIpc) is 2.32. The molecule has 1 aromatic carbocycles. The van der Waals surface area contributed by atoms with Crippen LogP contribution >= 0.6 is 11.6 Å². The molecule has 0 aromatic heterocycles. The molecule has 0 bridgehead atoms. The molecular weight excluding hydrogens is 257 g/mol. The molecule has 0 heterocycles. The predicted octanol–water partition coefficient (Wildman–Crippen LogP) is 3.21. The monoisotopic (exact) mass is 273 g/mol. The summed E-state index contributed by atoms with van der Waals surface area (Å²) in [6, 6.07) is 4.36. The third-order valence-electron chi connectivity index (χ3n) is 3.25. The largest absolute Gasteiger partial charge is 0.480 e. The van der Waals surface area contributed by atoms with Crippen LogP contribution in [-0.4, -0.2) is 16.6 Å². The maximum Gasteiger partial charge on any atom is 0.323 e. The molecule has 100 valence electrons. The molecule has 0 amide bonds. The Morgan fingerprint density at radius 3 is 2.50 bits per heavy atom. The van der Waals surface area contributed by atoms with Crippen molar-refractivity contribution in [1.82, 2.24) is 5.32 Å². The van der Waals surface area contributed by atoms with E-state index in [0.717, 1.165) is 0 Å². The molecule has 0 fully saturated rings. The highest BCUT2D eigenvalue weighted by Gasteiger charge is 2.34. The summed E-state index contributed by atoms with van der Waals surface area (Å²) in [6.45, 7) is 3.75. The van der Waals surface area contributed by atoms with Crippen LogP contribution in [0.15, 0.2) is 18.2 Å². The summed E-state index contributed by atoms with van der Waals surface area (Å²) in [5, 5.41) is 12.5. The van der Waals surface area contributed by atoms with Crippen molar-refractivity contribution >= 4 is 17.6 Å². The minimum atomic E-state index is -1.01. The fourth-order valence-electron chi connectivity index (χ4n) is 1.81. The fraction of sp³-hybridized carbons (Fsp3) is 0.462. The van der Waals surface area contributed by atoms with Crippen LogP contribution in [0.1, 0.15) is 32.3 Å². The molecule has 0 aliphatic heterocycles. The molecule has 0 aliphatic rings. The van der Waals surface area contributed by atoms with Gasteiger partial charge in [-0.3, -0.25) is 10.1 Å². The van der Waals surface area contributed by atoms with E-state index in [1.807, 2.05) is 0 Å². The van der Waals surface area contributed by atoms with Crippen molar-refractivity contribution < 1.29 is 14.3 Å². The Kier molecular flexibility index (Phi) is 5.11. The Bertz CT molecular complexity index is 433. The fourth-order valence-corrected chi connectivity index (χ4v) is 1.97. The van der Waals surface area contributed by atoms with Gasteiger partial charge in [-0.15, -0.1) is 0 Å². The number of carboxylic acids is 1. The average molecular weight is 274 g/mol. The third kappa shape index (κ3) is 3.21. The molecular formula is C13H17ClFNO2. The zero-order chi connectivity index (χ0) is 13.8. The van der Waals surface area contributed by atoms with Gasteiger partial charge < -0.3 is 5.11 Å². The number of hydrogen-bond donors (Lipinski definition) is 2. The van der Waals surface area contributed by atoms with Crippen molar-refractivity contribution in [2.24, 2.45) is 0 Å². The number of nitrogens with one attached hydrogen (secondary N) is 1. The van der Waals surface area contributed by atoms with Crippen molar-refractivity contribution in [2.75, 3.05) is 0 Å². The van der Waals surface area contributed by atoms with Gasteiger partial charge in [-0.25, -0.2) is 4.39 Å². The van der Waals surface area contributed by atoms with E-state index in [0.29, 0.717) is 23.4 Å². The summed E-state index contributed by atoms with van der Waals surface area (Å²) in [7, 11) is 0. The van der Waals surface area contributed by atoms with Crippen LogP contribution < -0.4 is 5.32 Å². The molecule has 0 spiro atoms. The smallest absolute Gasteiger partial charge is 0.323 e. The zero-order valence-electron chi connectivity index (χ0n) is 10.5. The van der Waals surface area contributed by atoms with Crippen LogP contribution in [0.25, 0.3) is 0 Å². The molecule has 0 atom stereocenters. The third-order valence-corrected chi connectivity index (χ3v) is 3.48. The quantitative estimate of drug-likeness (QED) is 0.837. The van der Waals surface area contributed by atoms with Gasteiger partial charge in [-0.1, -0.05) is 31.5 Å². The lowest BCUT2D eigenvalue weighted by atomic mass is 9.92. The Labute approximate surface area is 111 Å². The molecule has 0 saturated carbocycles. The molecule has 0 saturated heterocycles. The number of carbonyl (C=O) groups is 1. The highest BCUT2D eigenvalue weighted by Crippen LogP contribution is 2.19. The second-order valence-corrected chi connectivity index (χ2v) is 4.62. The molecule has 1 aromatic rings. The number of hydrogen-bond acceptors (Lipinski definition) is 2. The van der Waals surface area contributed by atoms with Crippen LogP contribution in [-0.2, 0) is 11.3 Å². The van der Waals surface area contributed by atoms with Gasteiger partial charge in [0.25, 0.3) is 0 Å². The number of halogens is 2. The SMILES string of the molecule is CCC(CC)(NCc1ccc(Cl)cc1F)C(=O)O. The number of carboxylic acid groups (broad SMARTS) is 1. The van der Waals surface area contributed by atoms with E-state index in [9.17, 15) is 14.3 Å². The number of rotatable bonds is 6. The summed E-state index contributed by atoms with van der Waals surface area (Å²) in [4.78, 5) is 11.3. The molecule has 3 nitrogen and oxygen atoms in total. The molecule has 2 N–H and O–H groups in total. The lowest BCUT2D eigenvalue weighted by Gasteiger charge is -2.28. The van der Waals surface area contributed by atoms with Crippen molar-refractivity contribution in [3.63, 3.8) is 0 Å². The van der Waals surface area contributed by atoms with Gasteiger partial charge >= 0.3 is 5.97 Å². The standard InChI is InChI=1S/C13H17ClFNO2/c1-3-13(4-2,12(17)18)16-8-9-5-6-10(14)7-11(9)15/h5-7,16H,3-4,8H2,1-2H3,(H,17,18). The van der Waals surface area contributed by atoms with Gasteiger partial charge in [0.15, 0.2) is 0 Å². The summed E-state index contributed by atoms with van der Waals surface area (Å²) in [5.74, 6) is -1.34. The van der Waals surface area contributed by atoms with Gasteiger partial charge in [-0.2, -0.15) is 0 Å². The van der Waals surface area contributed by atoms with Crippen molar-refractivity contribution in [3.05, 3.63) is 34.6 Å². The Morgan fingerprint density at radius 2 is 2.06 bits per heavy atom. The van der Waals surface area contributed by atoms with Crippen LogP contribution in [0.3, 0.4) is 0 Å². The van der Waals surface area contributed by atoms with Crippen LogP contribution in [0, 0.1) is 5.82 Å². The minimum absolute atomic E-state index is 0.164. The zero-order valence-corrected chi connectivity index (χ0v) is 11.2. The lowest BCUT2D eigenvalue weighted by molar-refractivity contribution is -0.145. The first-order chi connectivity index (χ1) is 8.45. The second-order valence-electron chi connectivity index (χ2n) is 4.18. The van der Waals surface area contributed by atoms with Gasteiger partial charge in [0, 0.05) is 17.1 Å². The van der Waals surface area contributed by atoms with Crippen LogP contribution in [0.5, 0.6) is 0 Å². The molecule has 18 heavy (non-hydrogen) atoms. The van der Waals surface area contributed by atoms with Gasteiger partial charge in [-0.05, 0) is 25.0 Å². The molecule has 5 heteroatoms. The first kappa shape index (κ1) is 14.9. The molecule has 0 aliphatic carbocycles. The van der Waals surface area contributed by atoms with E-state index in [-0.39, 0.29) is 6.54 Å². The van der Waals surface area contributed by atoms with Crippen LogP contribution in [0.2, 0.25) is 5.02 Å². The van der Waals surface area contributed by atoms with Crippen molar-refractivity contribution in [1.29, 1.82) is 0 Å². The molecule has 1 rings (SSSR count). The normalized spacial score (nSPS) is 11.6. The topological polar surface area (TPSA) is 49.3 Å². The maximum absolute atomic E-state index is 13.6. The lowest BCUT2D eigenvalue weighted by Crippen LogP contribution is -2.50. The predicted molar refractivity (Wildman–Crippen MR) is 69.2 cm³/mol. The van der Waals surface area contributed by atoms with Gasteiger partial charge in [0.2, 0.25) is 0 Å². The highest BCUT2D eigenvalue weighted by atomic mass is 35.5. The Morgan fingerprint density at radius 1 is 1.44 bits per heavy atom. The van der Waals surface area contributed by atoms with E-state index < -0.39 is 17.3 Å². The van der Waals surface area contributed by atoms with Crippen molar-refractivity contribution in [3.8, 4) is 0 Å². The molecule has 0 unspecified atom stereocenters. The Hall–Kier alpha value is -1.13. The van der Waals surface area contributed by atoms with Gasteiger partial charge in [0.1, 0.15) is 11.4 Å². The van der Waals surface area contributed by atoms with Gasteiger partial charge in [0.05, 0.1) is 0 Å². The van der Waals surface area contributed by atoms with E-state index in [1.165, 1.54) is 6.07 Å². The second kappa shape index (κ2) is 6.16. The first-order valence-electron chi connectivity index (χ1n) is 5.87. The van der Waals surface area contributed by atoms with E-state index >= 15 is 0 Å². The first-order valence-corrected chi connectivity index (χ1v) is 6.25. The van der Waals surface area contributed by atoms with Crippen LogP contribution in [0.4, 0.5) is 4.39 Å². The van der Waals surface area contributed by atoms with Crippen molar-refractivity contribution in [2.45, 2.75) is 38.8 Å². The Balaban J connectivity index is 2.82. The summed E-state index contributed by atoms with van der Waals surface area (Å²) in [5.41, 5.74) is -0.599. The van der Waals surface area contributed by atoms with E-state index in [1.54, 1.807) is 26.0 Å². The summed E-state index contributed by atoms with van der Waals surface area (Å²) >= 11 is 5.66. The van der Waals surface area contributed by atoms with E-state index in [4.69, 9.17) is 11.6 Å². The van der Waals surface area contributed by atoms with E-state index in [2.05, 4.69) is 5.32 Å². The summed E-state index contributed by atoms with van der Waals surface area (Å²) in [6.07, 6.45) is 0.877. The number of benzene rings is 1. The summed E-state index contributed by atoms with van der Waals surface area (Å²) < 4.78 is 13.6. The molecule has 0 radical (unpaired) electrons. The number of aliphatic carboxylic acids is 1. The highest BCUT2D eigenvalue weighted by molar-refractivity contribution is 6.30. The minimum Gasteiger partial charge on any atom is -0.480 e. The maximum atomic E-state index is 13.6.